The number of aromatic amines is 1. The fraction of sp³-hybridized carbons (Fsp3) is 0.391. The quantitative estimate of drug-likeness (QED) is 0.599. The number of ether oxygens (including phenoxy) is 3. The van der Waals surface area contributed by atoms with Crippen molar-refractivity contribution in [2.24, 2.45) is 0 Å². The topological polar surface area (TPSA) is 89.5 Å². The predicted molar refractivity (Wildman–Crippen MR) is 124 cm³/mol. The number of pyridine rings is 1. The number of imidazole rings is 1. The standard InChI is InChI=1S/C23H22ClN3O4S/c24-15-9-16-22(27-23(25-16)31-18-11-30-20-17(28)10-29-21(18)20)26-19(15)14-3-1-12(2-4-14)13-5-7-32-8-6-13/h1-5,9,17-18,20-21,28H,6-8,10-11H2,(H,25,26,27)/t17-,18-,20-,21-/m1/s1. The molecule has 0 amide bonds. The maximum Gasteiger partial charge on any atom is 0.296 e. The molecule has 166 valence electrons. The number of H-pyrrole nitrogens is 1. The summed E-state index contributed by atoms with van der Waals surface area (Å²) in [4.78, 5) is 12.3. The van der Waals surface area contributed by atoms with Crippen LogP contribution in [0.3, 0.4) is 0 Å². The molecule has 0 unspecified atom stereocenters. The summed E-state index contributed by atoms with van der Waals surface area (Å²) in [6, 6.07) is 10.5. The lowest BCUT2D eigenvalue weighted by Gasteiger charge is -2.15. The molecular formula is C23H22ClN3O4S. The van der Waals surface area contributed by atoms with Gasteiger partial charge in [-0.05, 0) is 29.4 Å². The van der Waals surface area contributed by atoms with Crippen molar-refractivity contribution >= 4 is 40.1 Å². The number of thioether (sulfide) groups is 1. The van der Waals surface area contributed by atoms with Crippen molar-refractivity contribution < 1.29 is 19.3 Å². The van der Waals surface area contributed by atoms with Crippen molar-refractivity contribution in [1.82, 2.24) is 15.0 Å². The minimum atomic E-state index is -0.619. The van der Waals surface area contributed by atoms with Crippen LogP contribution in [-0.2, 0) is 9.47 Å². The van der Waals surface area contributed by atoms with Crippen LogP contribution in [0.1, 0.15) is 12.0 Å². The van der Waals surface area contributed by atoms with Gasteiger partial charge in [0.25, 0.3) is 6.01 Å². The van der Waals surface area contributed by atoms with Crippen molar-refractivity contribution in [2.45, 2.75) is 30.8 Å². The lowest BCUT2D eigenvalue weighted by Crippen LogP contribution is -2.34. The predicted octanol–water partition coefficient (Wildman–Crippen LogP) is 3.70. The lowest BCUT2D eigenvalue weighted by molar-refractivity contribution is 0.00706. The van der Waals surface area contributed by atoms with E-state index in [2.05, 4.69) is 45.3 Å². The minimum Gasteiger partial charge on any atom is -0.456 e. The lowest BCUT2D eigenvalue weighted by atomic mass is 10.0. The normalized spacial score (nSPS) is 27.5. The van der Waals surface area contributed by atoms with Gasteiger partial charge >= 0.3 is 0 Å². The zero-order valence-corrected chi connectivity index (χ0v) is 18.7. The molecule has 0 aliphatic carbocycles. The molecule has 32 heavy (non-hydrogen) atoms. The maximum atomic E-state index is 9.90. The molecule has 9 heteroatoms. The van der Waals surface area contributed by atoms with Gasteiger partial charge in [-0.2, -0.15) is 16.7 Å². The van der Waals surface area contributed by atoms with Crippen LogP contribution in [0.15, 0.2) is 36.4 Å². The number of aliphatic hydroxyl groups excluding tert-OH is 1. The number of hydrogen-bond acceptors (Lipinski definition) is 7. The second kappa shape index (κ2) is 8.35. The van der Waals surface area contributed by atoms with Crippen molar-refractivity contribution in [3.8, 4) is 17.3 Å². The Morgan fingerprint density at radius 1 is 1.09 bits per heavy atom. The van der Waals surface area contributed by atoms with Crippen LogP contribution >= 0.6 is 23.4 Å². The third kappa shape index (κ3) is 3.70. The Hall–Kier alpha value is -2.10. The highest BCUT2D eigenvalue weighted by Gasteiger charge is 2.48. The van der Waals surface area contributed by atoms with Crippen molar-refractivity contribution in [3.05, 3.63) is 47.0 Å². The van der Waals surface area contributed by atoms with Crippen molar-refractivity contribution in [1.29, 1.82) is 0 Å². The Balaban J connectivity index is 1.24. The molecule has 2 fully saturated rings. The van der Waals surface area contributed by atoms with Crippen LogP contribution in [-0.4, -0.2) is 69.2 Å². The molecule has 3 aromatic rings. The Bertz CT molecular complexity index is 1180. The first-order valence-electron chi connectivity index (χ1n) is 10.7. The summed E-state index contributed by atoms with van der Waals surface area (Å²) in [5, 5.41) is 10.4. The van der Waals surface area contributed by atoms with E-state index in [1.54, 1.807) is 0 Å². The second-order valence-electron chi connectivity index (χ2n) is 8.18. The van der Waals surface area contributed by atoms with Gasteiger partial charge in [-0.3, -0.25) is 0 Å². The number of benzene rings is 1. The first-order valence-corrected chi connectivity index (χ1v) is 12.2. The molecule has 0 spiro atoms. The summed E-state index contributed by atoms with van der Waals surface area (Å²) >= 11 is 8.53. The molecule has 2 aromatic heterocycles. The molecule has 5 heterocycles. The minimum absolute atomic E-state index is 0.255. The Labute approximate surface area is 194 Å². The molecule has 3 aliphatic heterocycles. The highest BCUT2D eigenvalue weighted by Crippen LogP contribution is 2.33. The van der Waals surface area contributed by atoms with Crippen LogP contribution < -0.4 is 4.74 Å². The highest BCUT2D eigenvalue weighted by atomic mass is 35.5. The third-order valence-electron chi connectivity index (χ3n) is 6.14. The van der Waals surface area contributed by atoms with E-state index in [1.807, 2.05) is 17.8 Å². The number of fused-ring (bicyclic) bond motifs is 2. The van der Waals surface area contributed by atoms with E-state index in [0.717, 1.165) is 17.7 Å². The van der Waals surface area contributed by atoms with Gasteiger partial charge in [-0.15, -0.1) is 0 Å². The van der Waals surface area contributed by atoms with Gasteiger partial charge in [-0.1, -0.05) is 41.9 Å². The third-order valence-corrected chi connectivity index (χ3v) is 7.33. The number of aliphatic hydroxyl groups is 1. The molecule has 0 bridgehead atoms. The Morgan fingerprint density at radius 3 is 2.72 bits per heavy atom. The van der Waals surface area contributed by atoms with E-state index < -0.39 is 6.10 Å². The average molecular weight is 472 g/mol. The zero-order valence-electron chi connectivity index (χ0n) is 17.2. The van der Waals surface area contributed by atoms with E-state index >= 15 is 0 Å². The van der Waals surface area contributed by atoms with Gasteiger partial charge in [0.15, 0.2) is 11.8 Å². The van der Waals surface area contributed by atoms with Crippen molar-refractivity contribution in [3.63, 3.8) is 0 Å². The zero-order chi connectivity index (χ0) is 21.7. The second-order valence-corrected chi connectivity index (χ2v) is 9.74. The summed E-state index contributed by atoms with van der Waals surface area (Å²) in [5.74, 6) is 2.24. The van der Waals surface area contributed by atoms with Gasteiger partial charge in [0.2, 0.25) is 0 Å². The molecule has 4 atom stereocenters. The van der Waals surface area contributed by atoms with Crippen molar-refractivity contribution in [2.75, 3.05) is 24.7 Å². The summed E-state index contributed by atoms with van der Waals surface area (Å²) < 4.78 is 17.2. The van der Waals surface area contributed by atoms with Crippen LogP contribution in [0, 0.1) is 0 Å². The van der Waals surface area contributed by atoms with Gasteiger partial charge in [0.05, 0.1) is 29.4 Å². The average Bonchev–Trinajstić information content (AvgIpc) is 3.51. The molecular weight excluding hydrogens is 450 g/mol. The van der Waals surface area contributed by atoms with Crippen LogP contribution in [0.2, 0.25) is 5.02 Å². The van der Waals surface area contributed by atoms with Crippen LogP contribution in [0.5, 0.6) is 6.01 Å². The molecule has 3 aliphatic rings. The maximum absolute atomic E-state index is 9.90. The Morgan fingerprint density at radius 2 is 1.91 bits per heavy atom. The number of allylic oxidation sites excluding steroid dienone is 1. The SMILES string of the molecule is O[C@@H]1CO[C@H]2[C@@H]1OC[C@H]2Oc1nc2nc(-c3ccc(C4=CCSCC4)cc3)c(Cl)cc2[nH]1. The molecule has 6 rings (SSSR count). The summed E-state index contributed by atoms with van der Waals surface area (Å²) in [6.07, 6.45) is 1.79. The fourth-order valence-electron chi connectivity index (χ4n) is 4.47. The van der Waals surface area contributed by atoms with E-state index in [4.69, 9.17) is 25.8 Å². The van der Waals surface area contributed by atoms with E-state index in [0.29, 0.717) is 34.5 Å². The first-order chi connectivity index (χ1) is 15.7. The molecule has 0 saturated carbocycles. The molecule has 1 aromatic carbocycles. The summed E-state index contributed by atoms with van der Waals surface area (Å²) in [5.41, 5.74) is 5.49. The largest absolute Gasteiger partial charge is 0.456 e. The van der Waals surface area contributed by atoms with Crippen LogP contribution in [0.4, 0.5) is 0 Å². The molecule has 7 nitrogen and oxygen atoms in total. The monoisotopic (exact) mass is 471 g/mol. The van der Waals surface area contributed by atoms with E-state index in [1.165, 1.54) is 16.9 Å². The number of nitrogens with one attached hydrogen (secondary N) is 1. The first kappa shape index (κ1) is 20.5. The van der Waals surface area contributed by atoms with Gasteiger partial charge in [-0.25, -0.2) is 4.98 Å². The summed E-state index contributed by atoms with van der Waals surface area (Å²) in [6.45, 7) is 0.592. The van der Waals surface area contributed by atoms with Crippen LogP contribution in [0.25, 0.3) is 28.0 Å². The van der Waals surface area contributed by atoms with E-state index in [9.17, 15) is 5.11 Å². The number of nitrogens with zero attached hydrogens (tertiary/aromatic N) is 2. The number of rotatable bonds is 4. The fourth-order valence-corrected chi connectivity index (χ4v) is 5.58. The molecule has 2 N–H and O–H groups in total. The smallest absolute Gasteiger partial charge is 0.296 e. The number of hydrogen-bond donors (Lipinski definition) is 2. The summed E-state index contributed by atoms with van der Waals surface area (Å²) in [7, 11) is 0. The molecule has 2 saturated heterocycles. The number of aromatic nitrogens is 3. The van der Waals surface area contributed by atoms with Gasteiger partial charge in [0, 0.05) is 11.3 Å². The van der Waals surface area contributed by atoms with Gasteiger partial charge in [0.1, 0.15) is 18.3 Å². The number of halogens is 1. The highest BCUT2D eigenvalue weighted by molar-refractivity contribution is 7.99. The van der Waals surface area contributed by atoms with Gasteiger partial charge < -0.3 is 24.3 Å². The van der Waals surface area contributed by atoms with E-state index in [-0.39, 0.29) is 24.9 Å². The Kier molecular flexibility index (Phi) is 5.35. The molecule has 0 radical (unpaired) electrons.